The van der Waals surface area contributed by atoms with Gasteiger partial charge in [-0.2, -0.15) is 0 Å². The van der Waals surface area contributed by atoms with Crippen molar-refractivity contribution < 1.29 is 9.59 Å². The molecule has 136 valence electrons. The van der Waals surface area contributed by atoms with Crippen LogP contribution in [0, 0.1) is 0 Å². The summed E-state index contributed by atoms with van der Waals surface area (Å²) >= 11 is 0. The normalized spacial score (nSPS) is 15.8. The van der Waals surface area contributed by atoms with Crippen molar-refractivity contribution in [3.8, 4) is 0 Å². The second-order valence-corrected chi connectivity index (χ2v) is 6.98. The van der Waals surface area contributed by atoms with Gasteiger partial charge in [-0.05, 0) is 29.2 Å². The minimum Gasteiger partial charge on any atom is -0.342 e. The highest BCUT2D eigenvalue weighted by molar-refractivity contribution is 5.87. The number of hydrogen-bond acceptors (Lipinski definition) is 3. The molecule has 1 fully saturated rings. The van der Waals surface area contributed by atoms with E-state index in [1.807, 2.05) is 35.2 Å². The largest absolute Gasteiger partial charge is 0.342 e. The molecule has 26 heavy (non-hydrogen) atoms. The van der Waals surface area contributed by atoms with Gasteiger partial charge in [0.25, 0.3) is 0 Å². The minimum atomic E-state index is -0.416. The highest BCUT2D eigenvalue weighted by atomic mass is 16.2. The Morgan fingerprint density at radius 2 is 1.65 bits per heavy atom. The molecule has 1 saturated heterocycles. The monoisotopic (exact) mass is 351 g/mol. The maximum atomic E-state index is 13.3. The van der Waals surface area contributed by atoms with E-state index in [4.69, 9.17) is 0 Å². The fourth-order valence-corrected chi connectivity index (χ4v) is 3.29. The van der Waals surface area contributed by atoms with Gasteiger partial charge in [-0.3, -0.25) is 14.6 Å². The van der Waals surface area contributed by atoms with E-state index in [0.29, 0.717) is 32.1 Å². The van der Waals surface area contributed by atoms with Crippen molar-refractivity contribution >= 4 is 12.3 Å². The molecule has 0 bridgehead atoms. The van der Waals surface area contributed by atoms with Crippen LogP contribution in [0.5, 0.6) is 0 Å². The van der Waals surface area contributed by atoms with Crippen molar-refractivity contribution in [2.75, 3.05) is 26.2 Å². The predicted octanol–water partition coefficient (Wildman–Crippen LogP) is 2.64. The summed E-state index contributed by atoms with van der Waals surface area (Å²) in [6.07, 6.45) is 2.57. The fraction of sp³-hybridized carbons (Fsp3) is 0.381. The third-order valence-corrected chi connectivity index (χ3v) is 4.94. The molecule has 0 saturated carbocycles. The lowest BCUT2D eigenvalue weighted by atomic mass is 9.91. The molecule has 0 aliphatic carbocycles. The van der Waals surface area contributed by atoms with Crippen LogP contribution in [0.4, 0.5) is 0 Å². The number of nitrogens with zero attached hydrogens (tertiary/aromatic N) is 3. The zero-order valence-corrected chi connectivity index (χ0v) is 15.3. The van der Waals surface area contributed by atoms with E-state index in [9.17, 15) is 9.59 Å². The molecule has 0 radical (unpaired) electrons. The van der Waals surface area contributed by atoms with Crippen molar-refractivity contribution in [2.45, 2.75) is 25.7 Å². The van der Waals surface area contributed by atoms with Crippen LogP contribution < -0.4 is 0 Å². The van der Waals surface area contributed by atoms with Crippen molar-refractivity contribution in [1.82, 2.24) is 14.8 Å². The Labute approximate surface area is 154 Å². The number of piperazine rings is 1. The van der Waals surface area contributed by atoms with E-state index in [0.717, 1.165) is 17.7 Å². The van der Waals surface area contributed by atoms with Crippen LogP contribution in [0.1, 0.15) is 42.5 Å². The second-order valence-electron chi connectivity index (χ2n) is 6.98. The average molecular weight is 351 g/mol. The molecule has 1 aliphatic heterocycles. The van der Waals surface area contributed by atoms with Gasteiger partial charge in [-0.15, -0.1) is 0 Å². The molecule has 1 atom stereocenters. The lowest BCUT2D eigenvalue weighted by Gasteiger charge is -2.34. The highest BCUT2D eigenvalue weighted by Crippen LogP contribution is 2.27. The molecular formula is C21H25N3O2. The average Bonchev–Trinajstić information content (AvgIpc) is 2.69. The van der Waals surface area contributed by atoms with Gasteiger partial charge < -0.3 is 9.80 Å². The number of amides is 2. The molecule has 1 aromatic heterocycles. The molecule has 0 N–H and O–H groups in total. The van der Waals surface area contributed by atoms with Gasteiger partial charge in [0.05, 0.1) is 5.69 Å². The molecule has 1 aromatic carbocycles. The number of aromatic nitrogens is 1. The van der Waals surface area contributed by atoms with Gasteiger partial charge in [0, 0.05) is 32.4 Å². The quantitative estimate of drug-likeness (QED) is 0.778. The SMILES string of the molecule is CC(C)c1ccc(C(C(=O)N2CCN(C=O)CC2)c2ccccn2)cc1. The summed E-state index contributed by atoms with van der Waals surface area (Å²) in [5, 5.41) is 0. The van der Waals surface area contributed by atoms with E-state index in [1.165, 1.54) is 5.56 Å². The molecule has 2 aromatic rings. The summed E-state index contributed by atoms with van der Waals surface area (Å²) in [6, 6.07) is 13.9. The number of benzene rings is 1. The molecule has 5 nitrogen and oxygen atoms in total. The Morgan fingerprint density at radius 3 is 2.19 bits per heavy atom. The van der Waals surface area contributed by atoms with Crippen molar-refractivity contribution in [3.05, 3.63) is 65.5 Å². The van der Waals surface area contributed by atoms with Crippen LogP contribution in [-0.2, 0) is 9.59 Å². The Bertz CT molecular complexity index is 736. The van der Waals surface area contributed by atoms with E-state index < -0.39 is 5.92 Å². The van der Waals surface area contributed by atoms with Gasteiger partial charge in [0.1, 0.15) is 5.92 Å². The van der Waals surface area contributed by atoms with E-state index >= 15 is 0 Å². The molecule has 0 spiro atoms. The maximum absolute atomic E-state index is 13.3. The van der Waals surface area contributed by atoms with E-state index in [-0.39, 0.29) is 5.91 Å². The van der Waals surface area contributed by atoms with Gasteiger partial charge in [-0.1, -0.05) is 44.2 Å². The smallest absolute Gasteiger partial charge is 0.236 e. The number of rotatable bonds is 5. The summed E-state index contributed by atoms with van der Waals surface area (Å²) in [5.74, 6) is 0.0798. The predicted molar refractivity (Wildman–Crippen MR) is 101 cm³/mol. The number of hydrogen-bond donors (Lipinski definition) is 0. The summed E-state index contributed by atoms with van der Waals surface area (Å²) in [6.45, 7) is 6.59. The number of carbonyl (C=O) groups is 2. The first kappa shape index (κ1) is 18.1. The fourth-order valence-electron chi connectivity index (χ4n) is 3.29. The van der Waals surface area contributed by atoms with Crippen molar-refractivity contribution in [2.24, 2.45) is 0 Å². The Balaban J connectivity index is 1.89. The van der Waals surface area contributed by atoms with Crippen LogP contribution >= 0.6 is 0 Å². The first-order valence-corrected chi connectivity index (χ1v) is 9.09. The van der Waals surface area contributed by atoms with Gasteiger partial charge in [0.15, 0.2) is 0 Å². The summed E-state index contributed by atoms with van der Waals surface area (Å²) in [7, 11) is 0. The van der Waals surface area contributed by atoms with Gasteiger partial charge >= 0.3 is 0 Å². The molecule has 1 unspecified atom stereocenters. The lowest BCUT2D eigenvalue weighted by Crippen LogP contribution is -2.49. The van der Waals surface area contributed by atoms with Crippen LogP contribution in [0.15, 0.2) is 48.7 Å². The molecule has 3 rings (SSSR count). The van der Waals surface area contributed by atoms with Crippen LogP contribution in [0.2, 0.25) is 0 Å². The van der Waals surface area contributed by atoms with Crippen molar-refractivity contribution in [1.29, 1.82) is 0 Å². The molecular weight excluding hydrogens is 326 g/mol. The summed E-state index contributed by atoms with van der Waals surface area (Å²) in [4.78, 5) is 32.2. The van der Waals surface area contributed by atoms with E-state index in [2.05, 4.69) is 31.0 Å². The van der Waals surface area contributed by atoms with E-state index in [1.54, 1.807) is 11.1 Å². The zero-order chi connectivity index (χ0) is 18.5. The Morgan fingerprint density at radius 1 is 1.00 bits per heavy atom. The van der Waals surface area contributed by atoms with Crippen molar-refractivity contribution in [3.63, 3.8) is 0 Å². The number of carbonyl (C=O) groups excluding carboxylic acids is 2. The van der Waals surface area contributed by atoms with Gasteiger partial charge in [-0.25, -0.2) is 0 Å². The maximum Gasteiger partial charge on any atom is 0.236 e. The molecule has 1 aliphatic rings. The summed E-state index contributed by atoms with van der Waals surface area (Å²) < 4.78 is 0. The third kappa shape index (κ3) is 3.93. The van der Waals surface area contributed by atoms with Gasteiger partial charge in [0.2, 0.25) is 12.3 Å². The molecule has 2 heterocycles. The highest BCUT2D eigenvalue weighted by Gasteiger charge is 2.30. The summed E-state index contributed by atoms with van der Waals surface area (Å²) in [5.41, 5.74) is 2.96. The first-order valence-electron chi connectivity index (χ1n) is 9.09. The van der Waals surface area contributed by atoms with Crippen LogP contribution in [0.3, 0.4) is 0 Å². The first-order chi connectivity index (χ1) is 12.6. The Kier molecular flexibility index (Phi) is 5.66. The lowest BCUT2D eigenvalue weighted by molar-refractivity contribution is -0.135. The van der Waals surface area contributed by atoms with Crippen LogP contribution in [-0.4, -0.2) is 53.3 Å². The zero-order valence-electron chi connectivity index (χ0n) is 15.3. The Hall–Kier alpha value is -2.69. The topological polar surface area (TPSA) is 53.5 Å². The molecule has 5 heteroatoms. The molecule has 2 amide bonds. The number of pyridine rings is 1. The third-order valence-electron chi connectivity index (χ3n) is 4.94. The second kappa shape index (κ2) is 8.13. The standard InChI is InChI=1S/C21H25N3O2/c1-16(2)17-6-8-18(9-7-17)20(19-5-3-4-10-22-19)21(26)24-13-11-23(15-25)12-14-24/h3-10,15-16,20H,11-14H2,1-2H3. The minimum absolute atomic E-state index is 0.0477. The van der Waals surface area contributed by atoms with Crippen LogP contribution in [0.25, 0.3) is 0 Å².